The van der Waals surface area contributed by atoms with Crippen LogP contribution in [0.4, 0.5) is 0 Å². The Balaban J connectivity index is 1.94. The summed E-state index contributed by atoms with van der Waals surface area (Å²) in [5.74, 6) is 0.733. The molecule has 4 nitrogen and oxygen atoms in total. The molecule has 0 bridgehead atoms. The number of benzene rings is 1. The van der Waals surface area contributed by atoms with Crippen molar-refractivity contribution in [2.24, 2.45) is 0 Å². The first-order valence-corrected chi connectivity index (χ1v) is 8.50. The summed E-state index contributed by atoms with van der Waals surface area (Å²) in [6.45, 7) is 1.87. The van der Waals surface area contributed by atoms with E-state index < -0.39 is 5.54 Å². The molecule has 1 N–H and O–H groups in total. The standard InChI is InChI=1S/C17H22N2O2S/c1-13(22-15-8-6-14(21-2)7-9-15)16(20)19-17(12-18)10-4-3-5-11-17/h6-9,13H,3-5,10-11H2,1-2H3,(H,19,20)/t13-/m1/s1. The Morgan fingerprint density at radius 2 is 1.95 bits per heavy atom. The number of nitrogens with zero attached hydrogens (tertiary/aromatic N) is 1. The van der Waals surface area contributed by atoms with E-state index in [-0.39, 0.29) is 11.2 Å². The molecule has 118 valence electrons. The van der Waals surface area contributed by atoms with E-state index in [1.165, 1.54) is 11.8 Å². The maximum absolute atomic E-state index is 12.4. The maximum Gasteiger partial charge on any atom is 0.234 e. The van der Waals surface area contributed by atoms with Crippen molar-refractivity contribution >= 4 is 17.7 Å². The molecule has 1 aliphatic rings. The first kappa shape index (κ1) is 16.7. The van der Waals surface area contributed by atoms with Crippen LogP contribution in [0.3, 0.4) is 0 Å². The van der Waals surface area contributed by atoms with Crippen molar-refractivity contribution in [1.82, 2.24) is 5.32 Å². The van der Waals surface area contributed by atoms with Gasteiger partial charge >= 0.3 is 0 Å². The Hall–Kier alpha value is -1.67. The average Bonchev–Trinajstić information content (AvgIpc) is 2.56. The van der Waals surface area contributed by atoms with Gasteiger partial charge in [-0.2, -0.15) is 5.26 Å². The number of hydrogen-bond acceptors (Lipinski definition) is 4. The minimum Gasteiger partial charge on any atom is -0.497 e. The third-order valence-corrected chi connectivity index (χ3v) is 5.14. The molecule has 5 heteroatoms. The fourth-order valence-electron chi connectivity index (χ4n) is 2.67. The van der Waals surface area contributed by atoms with Crippen LogP contribution in [0.25, 0.3) is 0 Å². The molecule has 0 saturated heterocycles. The van der Waals surface area contributed by atoms with Crippen LogP contribution >= 0.6 is 11.8 Å². The van der Waals surface area contributed by atoms with Gasteiger partial charge in [-0.05, 0) is 44.0 Å². The van der Waals surface area contributed by atoms with Crippen LogP contribution in [0.1, 0.15) is 39.0 Å². The number of amides is 1. The van der Waals surface area contributed by atoms with Crippen LogP contribution in [0.5, 0.6) is 5.75 Å². The number of thioether (sulfide) groups is 1. The van der Waals surface area contributed by atoms with Gasteiger partial charge in [-0.3, -0.25) is 4.79 Å². The van der Waals surface area contributed by atoms with Gasteiger partial charge in [0.25, 0.3) is 0 Å². The predicted molar refractivity (Wildman–Crippen MR) is 87.9 cm³/mol. The lowest BCUT2D eigenvalue weighted by molar-refractivity contribution is -0.121. The summed E-state index contributed by atoms with van der Waals surface area (Å²) in [4.78, 5) is 13.4. The molecule has 1 aromatic rings. The molecular formula is C17H22N2O2S. The van der Waals surface area contributed by atoms with Gasteiger partial charge in [0.05, 0.1) is 18.4 Å². The molecule has 0 unspecified atom stereocenters. The molecule has 0 heterocycles. The summed E-state index contributed by atoms with van der Waals surface area (Å²) < 4.78 is 5.13. The summed E-state index contributed by atoms with van der Waals surface area (Å²) in [6.07, 6.45) is 4.68. The zero-order chi connectivity index (χ0) is 16.0. The minimum atomic E-state index is -0.663. The largest absolute Gasteiger partial charge is 0.497 e. The molecule has 0 aliphatic heterocycles. The Labute approximate surface area is 136 Å². The summed E-state index contributed by atoms with van der Waals surface area (Å²) in [5, 5.41) is 12.2. The highest BCUT2D eigenvalue weighted by Crippen LogP contribution is 2.30. The van der Waals surface area contributed by atoms with Gasteiger partial charge in [-0.1, -0.05) is 19.3 Å². The first-order chi connectivity index (χ1) is 10.6. The first-order valence-electron chi connectivity index (χ1n) is 7.62. The van der Waals surface area contributed by atoms with Crippen molar-refractivity contribution < 1.29 is 9.53 Å². The zero-order valence-corrected chi connectivity index (χ0v) is 13.9. The number of nitrogens with one attached hydrogen (secondary N) is 1. The summed E-state index contributed by atoms with van der Waals surface area (Å²) >= 11 is 1.49. The lowest BCUT2D eigenvalue weighted by Crippen LogP contribution is -2.50. The lowest BCUT2D eigenvalue weighted by Gasteiger charge is -2.32. The summed E-state index contributed by atoms with van der Waals surface area (Å²) in [7, 11) is 1.63. The van der Waals surface area contributed by atoms with Gasteiger partial charge in [-0.25, -0.2) is 0 Å². The van der Waals surface area contributed by atoms with Crippen molar-refractivity contribution in [3.05, 3.63) is 24.3 Å². The van der Waals surface area contributed by atoms with Crippen molar-refractivity contribution in [1.29, 1.82) is 5.26 Å². The monoisotopic (exact) mass is 318 g/mol. The second-order valence-electron chi connectivity index (χ2n) is 5.68. The van der Waals surface area contributed by atoms with Crippen LogP contribution in [0.2, 0.25) is 0 Å². The molecule has 22 heavy (non-hydrogen) atoms. The fraction of sp³-hybridized carbons (Fsp3) is 0.529. The van der Waals surface area contributed by atoms with Crippen molar-refractivity contribution in [2.75, 3.05) is 7.11 Å². The highest BCUT2D eigenvalue weighted by atomic mass is 32.2. The summed E-state index contributed by atoms with van der Waals surface area (Å²) in [6, 6.07) is 9.96. The molecular weight excluding hydrogens is 296 g/mol. The average molecular weight is 318 g/mol. The third-order valence-electron chi connectivity index (χ3n) is 4.03. The maximum atomic E-state index is 12.4. The number of ether oxygens (including phenoxy) is 1. The van der Waals surface area contributed by atoms with Crippen LogP contribution < -0.4 is 10.1 Å². The van der Waals surface area contributed by atoms with E-state index in [4.69, 9.17) is 4.74 Å². The molecule has 2 rings (SSSR count). The SMILES string of the molecule is COc1ccc(S[C@H](C)C(=O)NC2(C#N)CCCCC2)cc1. The van der Waals surface area contributed by atoms with Gasteiger partial charge < -0.3 is 10.1 Å². The molecule has 1 saturated carbocycles. The molecule has 1 amide bonds. The normalized spacial score (nSPS) is 18.0. The van der Waals surface area contributed by atoms with Crippen LogP contribution in [0.15, 0.2) is 29.2 Å². The van der Waals surface area contributed by atoms with Crippen molar-refractivity contribution in [3.63, 3.8) is 0 Å². The van der Waals surface area contributed by atoms with E-state index in [2.05, 4.69) is 11.4 Å². The fourth-order valence-corrected chi connectivity index (χ4v) is 3.54. The topological polar surface area (TPSA) is 62.1 Å². The number of carbonyl (C=O) groups excluding carboxylic acids is 1. The Morgan fingerprint density at radius 3 is 2.50 bits per heavy atom. The Morgan fingerprint density at radius 1 is 1.32 bits per heavy atom. The van der Waals surface area contributed by atoms with Crippen LogP contribution in [0, 0.1) is 11.3 Å². The van der Waals surface area contributed by atoms with Gasteiger partial charge in [0, 0.05) is 4.90 Å². The van der Waals surface area contributed by atoms with Crippen molar-refractivity contribution in [2.45, 2.75) is 54.7 Å². The van der Waals surface area contributed by atoms with E-state index in [1.807, 2.05) is 31.2 Å². The van der Waals surface area contributed by atoms with Gasteiger partial charge in [0.2, 0.25) is 5.91 Å². The van der Waals surface area contributed by atoms with E-state index >= 15 is 0 Å². The van der Waals surface area contributed by atoms with Gasteiger partial charge in [-0.15, -0.1) is 11.8 Å². The predicted octanol–water partition coefficient (Wildman–Crippen LogP) is 3.52. The molecule has 0 aromatic heterocycles. The molecule has 0 radical (unpaired) electrons. The molecule has 1 fully saturated rings. The van der Waals surface area contributed by atoms with Gasteiger partial charge in [0.15, 0.2) is 0 Å². The zero-order valence-electron chi connectivity index (χ0n) is 13.1. The number of rotatable bonds is 5. The third kappa shape index (κ3) is 4.17. The van der Waals surface area contributed by atoms with Crippen LogP contribution in [-0.4, -0.2) is 23.8 Å². The number of carbonyl (C=O) groups is 1. The molecule has 1 aliphatic carbocycles. The van der Waals surface area contributed by atoms with Crippen molar-refractivity contribution in [3.8, 4) is 11.8 Å². The van der Waals surface area contributed by atoms with E-state index in [1.54, 1.807) is 7.11 Å². The Kier molecular flexibility index (Phi) is 5.73. The van der Waals surface area contributed by atoms with E-state index in [9.17, 15) is 10.1 Å². The number of hydrogen-bond donors (Lipinski definition) is 1. The van der Waals surface area contributed by atoms with Crippen LogP contribution in [-0.2, 0) is 4.79 Å². The second kappa shape index (κ2) is 7.55. The smallest absolute Gasteiger partial charge is 0.234 e. The minimum absolute atomic E-state index is 0.0655. The second-order valence-corrected chi connectivity index (χ2v) is 7.09. The Bertz CT molecular complexity index is 545. The highest BCUT2D eigenvalue weighted by Gasteiger charge is 2.34. The molecule has 0 spiro atoms. The van der Waals surface area contributed by atoms with E-state index in [0.717, 1.165) is 42.7 Å². The highest BCUT2D eigenvalue weighted by molar-refractivity contribution is 8.00. The summed E-state index contributed by atoms with van der Waals surface area (Å²) in [5.41, 5.74) is -0.663. The van der Waals surface area contributed by atoms with Gasteiger partial charge in [0.1, 0.15) is 11.3 Å². The quantitative estimate of drug-likeness (QED) is 0.844. The molecule has 1 atom stereocenters. The lowest BCUT2D eigenvalue weighted by atomic mass is 9.83. The molecule has 1 aromatic carbocycles. The number of methoxy groups -OCH3 is 1. The van der Waals surface area contributed by atoms with E-state index in [0.29, 0.717) is 0 Å². The number of nitriles is 1.